The minimum Gasteiger partial charge on any atom is -0.356 e. The third kappa shape index (κ3) is 5.66. The van der Waals surface area contributed by atoms with Gasteiger partial charge in [0.1, 0.15) is 0 Å². The van der Waals surface area contributed by atoms with Gasteiger partial charge >= 0.3 is 0 Å². The van der Waals surface area contributed by atoms with Gasteiger partial charge in [-0.05, 0) is 57.5 Å². The van der Waals surface area contributed by atoms with Crippen molar-refractivity contribution in [3.8, 4) is 0 Å². The molecular formula is C22H30BrN3O3. The van der Waals surface area contributed by atoms with E-state index < -0.39 is 0 Å². The van der Waals surface area contributed by atoms with Crippen LogP contribution in [0, 0.1) is 0 Å². The summed E-state index contributed by atoms with van der Waals surface area (Å²) >= 11 is 3.33. The maximum absolute atomic E-state index is 12.4. The molecule has 0 saturated heterocycles. The molecule has 158 valence electrons. The van der Waals surface area contributed by atoms with Gasteiger partial charge in [0.15, 0.2) is 0 Å². The second kappa shape index (κ2) is 10.3. The van der Waals surface area contributed by atoms with E-state index in [0.717, 1.165) is 17.4 Å². The Kier molecular flexibility index (Phi) is 7.84. The zero-order valence-electron chi connectivity index (χ0n) is 17.1. The van der Waals surface area contributed by atoms with E-state index in [9.17, 15) is 14.4 Å². The Hall–Kier alpha value is -1.73. The topological polar surface area (TPSA) is 69.7 Å². The maximum atomic E-state index is 12.4. The molecule has 0 aromatic heterocycles. The van der Waals surface area contributed by atoms with Crippen LogP contribution in [0.25, 0.3) is 0 Å². The standard InChI is InChI=1S/C22H30BrN3O3/c1-25(17-7-3-2-4-8-17)13-6-12-24-20(27)9-5-14-26-21(28)18-11-10-16(23)15-19(18)22(26)29/h10-11,15,17H,2-9,12-14H2,1H3,(H,24,27). The van der Waals surface area contributed by atoms with Crippen molar-refractivity contribution in [2.24, 2.45) is 0 Å². The van der Waals surface area contributed by atoms with Crippen LogP contribution in [-0.2, 0) is 4.79 Å². The van der Waals surface area contributed by atoms with Crippen molar-refractivity contribution in [2.45, 2.75) is 57.4 Å². The van der Waals surface area contributed by atoms with E-state index in [0.29, 0.717) is 36.6 Å². The Morgan fingerprint density at radius 3 is 2.62 bits per heavy atom. The van der Waals surface area contributed by atoms with Crippen molar-refractivity contribution in [1.29, 1.82) is 0 Å². The largest absolute Gasteiger partial charge is 0.356 e. The molecule has 1 saturated carbocycles. The zero-order valence-corrected chi connectivity index (χ0v) is 18.7. The fraction of sp³-hybridized carbons (Fsp3) is 0.591. The van der Waals surface area contributed by atoms with Gasteiger partial charge in [-0.25, -0.2) is 0 Å². The van der Waals surface area contributed by atoms with Gasteiger partial charge in [-0.2, -0.15) is 0 Å². The SMILES string of the molecule is CN(CCCNC(=O)CCCN1C(=O)c2ccc(Br)cc2C1=O)C1CCCCC1. The molecule has 2 aliphatic rings. The number of fused-ring (bicyclic) bond motifs is 1. The molecule has 29 heavy (non-hydrogen) atoms. The summed E-state index contributed by atoms with van der Waals surface area (Å²) in [4.78, 5) is 40.5. The first-order valence-electron chi connectivity index (χ1n) is 10.6. The Bertz CT molecular complexity index is 762. The fourth-order valence-electron chi connectivity index (χ4n) is 4.21. The quantitative estimate of drug-likeness (QED) is 0.448. The van der Waals surface area contributed by atoms with Gasteiger partial charge in [-0.15, -0.1) is 0 Å². The van der Waals surface area contributed by atoms with E-state index in [1.165, 1.54) is 37.0 Å². The number of rotatable bonds is 9. The molecule has 3 rings (SSSR count). The van der Waals surface area contributed by atoms with Crippen LogP contribution in [0.1, 0.15) is 72.1 Å². The van der Waals surface area contributed by atoms with Gasteiger partial charge in [-0.1, -0.05) is 35.2 Å². The van der Waals surface area contributed by atoms with Crippen molar-refractivity contribution < 1.29 is 14.4 Å². The number of carbonyl (C=O) groups is 3. The Labute approximate surface area is 181 Å². The van der Waals surface area contributed by atoms with Crippen LogP contribution >= 0.6 is 15.9 Å². The lowest BCUT2D eigenvalue weighted by Gasteiger charge is -2.31. The fourth-order valence-corrected chi connectivity index (χ4v) is 4.57. The number of nitrogens with one attached hydrogen (secondary N) is 1. The molecule has 0 spiro atoms. The molecule has 0 radical (unpaired) electrons. The summed E-state index contributed by atoms with van der Waals surface area (Å²) in [7, 11) is 2.18. The molecule has 1 aliphatic heterocycles. The van der Waals surface area contributed by atoms with Gasteiger partial charge in [0.2, 0.25) is 5.91 Å². The molecule has 0 bridgehead atoms. The average Bonchev–Trinajstić information content (AvgIpc) is 2.96. The van der Waals surface area contributed by atoms with Crippen molar-refractivity contribution in [3.05, 3.63) is 33.8 Å². The van der Waals surface area contributed by atoms with Crippen LogP contribution < -0.4 is 5.32 Å². The molecule has 1 heterocycles. The minimum atomic E-state index is -0.280. The summed E-state index contributed by atoms with van der Waals surface area (Å²) < 4.78 is 0.771. The summed E-state index contributed by atoms with van der Waals surface area (Å²) in [6.45, 7) is 1.92. The number of imide groups is 1. The monoisotopic (exact) mass is 463 g/mol. The molecule has 3 amide bonds. The number of carbonyl (C=O) groups excluding carboxylic acids is 3. The van der Waals surface area contributed by atoms with Crippen LogP contribution in [0.15, 0.2) is 22.7 Å². The third-order valence-corrected chi connectivity index (χ3v) is 6.42. The van der Waals surface area contributed by atoms with Gasteiger partial charge in [-0.3, -0.25) is 19.3 Å². The molecule has 1 fully saturated rings. The van der Waals surface area contributed by atoms with Crippen molar-refractivity contribution in [2.75, 3.05) is 26.7 Å². The first-order chi connectivity index (χ1) is 14.0. The van der Waals surface area contributed by atoms with Crippen molar-refractivity contribution in [1.82, 2.24) is 15.1 Å². The summed E-state index contributed by atoms with van der Waals surface area (Å²) in [6, 6.07) is 5.79. The summed E-state index contributed by atoms with van der Waals surface area (Å²) in [5.41, 5.74) is 0.862. The molecule has 1 N–H and O–H groups in total. The second-order valence-corrected chi connectivity index (χ2v) is 8.95. The molecule has 0 unspecified atom stereocenters. The Morgan fingerprint density at radius 1 is 1.14 bits per heavy atom. The van der Waals surface area contributed by atoms with E-state index in [4.69, 9.17) is 0 Å². The Morgan fingerprint density at radius 2 is 1.86 bits per heavy atom. The molecule has 0 atom stereocenters. The first-order valence-corrected chi connectivity index (χ1v) is 11.4. The Balaban J connectivity index is 1.32. The smallest absolute Gasteiger partial charge is 0.261 e. The van der Waals surface area contributed by atoms with Crippen LogP contribution in [0.3, 0.4) is 0 Å². The van der Waals surface area contributed by atoms with Crippen LogP contribution in [0.5, 0.6) is 0 Å². The number of nitrogens with zero attached hydrogens (tertiary/aromatic N) is 2. The van der Waals surface area contributed by atoms with Crippen molar-refractivity contribution in [3.63, 3.8) is 0 Å². The lowest BCUT2D eigenvalue weighted by molar-refractivity contribution is -0.121. The van der Waals surface area contributed by atoms with E-state index in [-0.39, 0.29) is 24.3 Å². The van der Waals surface area contributed by atoms with Crippen LogP contribution in [0.4, 0.5) is 0 Å². The minimum absolute atomic E-state index is 0.0235. The zero-order chi connectivity index (χ0) is 20.8. The highest BCUT2D eigenvalue weighted by Crippen LogP contribution is 2.26. The first kappa shape index (κ1) is 22.0. The van der Waals surface area contributed by atoms with E-state index >= 15 is 0 Å². The predicted molar refractivity (Wildman–Crippen MR) is 116 cm³/mol. The average molecular weight is 464 g/mol. The molecule has 1 aromatic carbocycles. The number of benzene rings is 1. The molecule has 6 nitrogen and oxygen atoms in total. The molecule has 7 heteroatoms. The lowest BCUT2D eigenvalue weighted by Crippen LogP contribution is -2.36. The molecular weight excluding hydrogens is 434 g/mol. The summed E-state index contributed by atoms with van der Waals surface area (Å²) in [5.74, 6) is -0.578. The highest BCUT2D eigenvalue weighted by Gasteiger charge is 2.35. The maximum Gasteiger partial charge on any atom is 0.261 e. The number of hydrogen-bond donors (Lipinski definition) is 1. The van der Waals surface area contributed by atoms with E-state index in [1.807, 2.05) is 0 Å². The highest BCUT2D eigenvalue weighted by atomic mass is 79.9. The van der Waals surface area contributed by atoms with Gasteiger partial charge < -0.3 is 10.2 Å². The van der Waals surface area contributed by atoms with Gasteiger partial charge in [0.25, 0.3) is 11.8 Å². The number of amides is 3. The summed E-state index contributed by atoms with van der Waals surface area (Å²) in [5, 5.41) is 2.95. The van der Waals surface area contributed by atoms with Crippen LogP contribution in [0.2, 0.25) is 0 Å². The summed E-state index contributed by atoms with van der Waals surface area (Å²) in [6.07, 6.45) is 8.32. The lowest BCUT2D eigenvalue weighted by atomic mass is 9.94. The second-order valence-electron chi connectivity index (χ2n) is 8.03. The van der Waals surface area contributed by atoms with Gasteiger partial charge in [0, 0.05) is 30.0 Å². The highest BCUT2D eigenvalue weighted by molar-refractivity contribution is 9.10. The number of hydrogen-bond acceptors (Lipinski definition) is 4. The van der Waals surface area contributed by atoms with Gasteiger partial charge in [0.05, 0.1) is 11.1 Å². The number of halogens is 1. The van der Waals surface area contributed by atoms with Crippen molar-refractivity contribution >= 4 is 33.7 Å². The molecule has 1 aliphatic carbocycles. The normalized spacial score (nSPS) is 17.1. The van der Waals surface area contributed by atoms with E-state index in [1.54, 1.807) is 18.2 Å². The third-order valence-electron chi connectivity index (χ3n) is 5.93. The molecule has 1 aromatic rings. The van der Waals surface area contributed by atoms with E-state index in [2.05, 4.69) is 33.2 Å². The van der Waals surface area contributed by atoms with Crippen LogP contribution in [-0.4, -0.2) is 60.2 Å². The predicted octanol–water partition coefficient (Wildman–Crippen LogP) is 3.60.